The molecule has 0 spiro atoms. The molecule has 2 fully saturated rings. The van der Waals surface area contributed by atoms with Gasteiger partial charge in [0.25, 0.3) is 0 Å². The number of thioether (sulfide) groups is 1. The van der Waals surface area contributed by atoms with E-state index in [0.29, 0.717) is 12.7 Å². The van der Waals surface area contributed by atoms with Crippen LogP contribution >= 0.6 is 11.8 Å². The Morgan fingerprint density at radius 3 is 2.73 bits per heavy atom. The van der Waals surface area contributed by atoms with Crippen molar-refractivity contribution >= 4 is 29.9 Å². The zero-order chi connectivity index (χ0) is 10.5. The topological polar surface area (TPSA) is 77.5 Å². The second-order valence-electron chi connectivity index (χ2n) is 3.60. The fourth-order valence-corrected chi connectivity index (χ4v) is 3.44. The smallest absolute Gasteiger partial charge is 0.548 e. The summed E-state index contributed by atoms with van der Waals surface area (Å²) in [6.07, 6.45) is 0.904. The van der Waals surface area contributed by atoms with Crippen molar-refractivity contribution in [2.45, 2.75) is 29.5 Å². The largest absolute Gasteiger partial charge is 1.00 e. The summed E-state index contributed by atoms with van der Waals surface area (Å²) < 4.78 is -1.06. The molecular formula is C8H8NNaO4S. The van der Waals surface area contributed by atoms with E-state index < -0.39 is 16.8 Å². The number of carboxylic acid groups (broad SMARTS) is 1. The van der Waals surface area contributed by atoms with Gasteiger partial charge in [-0.15, -0.1) is 11.8 Å². The second kappa shape index (κ2) is 4.08. The van der Waals surface area contributed by atoms with Gasteiger partial charge >= 0.3 is 29.6 Å². The summed E-state index contributed by atoms with van der Waals surface area (Å²) in [5, 5.41) is 10.7. The number of nitrogens with zero attached hydrogens (tertiary/aromatic N) is 1. The molecule has 0 saturated carbocycles. The van der Waals surface area contributed by atoms with Gasteiger partial charge in [-0.1, -0.05) is 0 Å². The normalized spacial score (nSPS) is 37.7. The summed E-state index contributed by atoms with van der Waals surface area (Å²) in [5.74, 6) is -1.58. The Kier molecular flexibility index (Phi) is 3.55. The summed E-state index contributed by atoms with van der Waals surface area (Å²) in [6, 6.07) is -1.11. The number of carbonyl (C=O) groups is 3. The first-order valence-corrected chi connectivity index (χ1v) is 5.04. The van der Waals surface area contributed by atoms with Gasteiger partial charge in [-0.2, -0.15) is 0 Å². The number of hydrogen-bond acceptors (Lipinski definition) is 5. The van der Waals surface area contributed by atoms with Crippen LogP contribution in [0.1, 0.15) is 13.3 Å². The van der Waals surface area contributed by atoms with Gasteiger partial charge in [0.1, 0.15) is 6.29 Å². The molecule has 7 heteroatoms. The molecule has 2 aliphatic rings. The molecule has 5 nitrogen and oxygen atoms in total. The van der Waals surface area contributed by atoms with E-state index in [2.05, 4.69) is 0 Å². The molecule has 0 bridgehead atoms. The molecule has 3 atom stereocenters. The molecule has 2 rings (SSSR count). The Balaban J connectivity index is 0.00000112. The number of amides is 1. The van der Waals surface area contributed by atoms with Gasteiger partial charge in [0.05, 0.1) is 28.6 Å². The van der Waals surface area contributed by atoms with Gasteiger partial charge in [0.15, 0.2) is 0 Å². The number of β-lactam (4-membered cyclic amide) rings is 1. The van der Waals surface area contributed by atoms with Crippen molar-refractivity contribution < 1.29 is 49.0 Å². The first kappa shape index (κ1) is 13.0. The third-order valence-corrected chi connectivity index (χ3v) is 4.11. The second-order valence-corrected chi connectivity index (χ2v) is 5.26. The van der Waals surface area contributed by atoms with Crippen LogP contribution in [0.4, 0.5) is 0 Å². The SMILES string of the molecule is C[C@@]1(C=O)S[C@@H]2CC(=O)N2[C@H]1C(=O)[O-].[Na+]. The summed E-state index contributed by atoms with van der Waals surface area (Å²) in [4.78, 5) is 34.0. The van der Waals surface area contributed by atoms with Crippen molar-refractivity contribution in [1.82, 2.24) is 4.90 Å². The summed E-state index contributed by atoms with van der Waals surface area (Å²) >= 11 is 1.22. The van der Waals surface area contributed by atoms with Gasteiger partial charge in [0.2, 0.25) is 5.91 Å². The molecule has 0 aliphatic carbocycles. The summed E-state index contributed by atoms with van der Waals surface area (Å²) in [7, 11) is 0. The van der Waals surface area contributed by atoms with Crippen LogP contribution in [0.25, 0.3) is 0 Å². The van der Waals surface area contributed by atoms with Crippen LogP contribution in [-0.2, 0) is 14.4 Å². The predicted octanol–water partition coefficient (Wildman–Crippen LogP) is -4.63. The average Bonchev–Trinajstić information content (AvgIpc) is 2.35. The quantitative estimate of drug-likeness (QED) is 0.274. The predicted molar refractivity (Wildman–Crippen MR) is 46.1 cm³/mol. The molecule has 0 N–H and O–H groups in total. The van der Waals surface area contributed by atoms with Gasteiger partial charge < -0.3 is 19.6 Å². The Bertz CT molecular complexity index is 337. The van der Waals surface area contributed by atoms with Crippen LogP contribution in [0.15, 0.2) is 0 Å². The van der Waals surface area contributed by atoms with Crippen molar-refractivity contribution in [3.05, 3.63) is 0 Å². The molecule has 2 saturated heterocycles. The van der Waals surface area contributed by atoms with Gasteiger partial charge in [0, 0.05) is 0 Å². The minimum atomic E-state index is -1.36. The number of fused-ring (bicyclic) bond motifs is 1. The zero-order valence-corrected chi connectivity index (χ0v) is 11.2. The molecule has 0 aromatic heterocycles. The van der Waals surface area contributed by atoms with Crippen LogP contribution in [0, 0.1) is 0 Å². The van der Waals surface area contributed by atoms with Crippen LogP contribution < -0.4 is 34.7 Å². The number of aldehydes is 1. The van der Waals surface area contributed by atoms with Crippen LogP contribution in [0.3, 0.4) is 0 Å². The van der Waals surface area contributed by atoms with Crippen molar-refractivity contribution in [2.24, 2.45) is 0 Å². The van der Waals surface area contributed by atoms with Crippen molar-refractivity contribution in [3.8, 4) is 0 Å². The summed E-state index contributed by atoms with van der Waals surface area (Å²) in [6.45, 7) is 1.52. The maximum absolute atomic E-state index is 11.1. The van der Waals surface area contributed by atoms with E-state index in [9.17, 15) is 19.5 Å². The van der Waals surface area contributed by atoms with E-state index in [1.165, 1.54) is 23.6 Å². The van der Waals surface area contributed by atoms with E-state index in [0.717, 1.165) is 0 Å². The molecule has 0 aromatic rings. The van der Waals surface area contributed by atoms with Crippen LogP contribution in [0.5, 0.6) is 0 Å². The Morgan fingerprint density at radius 2 is 2.33 bits per heavy atom. The maximum Gasteiger partial charge on any atom is 1.00 e. The average molecular weight is 237 g/mol. The molecular weight excluding hydrogens is 229 g/mol. The molecule has 0 aromatic carbocycles. The van der Waals surface area contributed by atoms with E-state index in [-0.39, 0.29) is 40.8 Å². The Morgan fingerprint density at radius 1 is 1.73 bits per heavy atom. The van der Waals surface area contributed by atoms with Crippen molar-refractivity contribution in [1.29, 1.82) is 0 Å². The first-order chi connectivity index (χ1) is 6.49. The van der Waals surface area contributed by atoms with Crippen LogP contribution in [-0.4, -0.2) is 39.2 Å². The third-order valence-electron chi connectivity index (χ3n) is 2.62. The minimum Gasteiger partial charge on any atom is -0.548 e. The molecule has 0 unspecified atom stereocenters. The van der Waals surface area contributed by atoms with Crippen molar-refractivity contribution in [2.75, 3.05) is 0 Å². The minimum absolute atomic E-state index is 0. The van der Waals surface area contributed by atoms with E-state index in [1.54, 1.807) is 0 Å². The standard InChI is InChI=1S/C8H9NO4S.Na/c1-8(3-10)6(7(12)13)9-4(11)2-5(9)14-8;/h3,5-6H,2H2,1H3,(H,12,13);/q;+1/p-1/t5-,6+,8+;/m1./s1. The monoisotopic (exact) mass is 237 g/mol. The number of aliphatic carboxylic acids is 1. The fraction of sp³-hybridized carbons (Fsp3) is 0.625. The molecule has 0 radical (unpaired) electrons. The van der Waals surface area contributed by atoms with E-state index in [4.69, 9.17) is 0 Å². The third kappa shape index (κ3) is 1.73. The zero-order valence-electron chi connectivity index (χ0n) is 8.43. The number of carbonyl (C=O) groups excluding carboxylic acids is 3. The number of hydrogen-bond donors (Lipinski definition) is 0. The number of carboxylic acids is 1. The van der Waals surface area contributed by atoms with Crippen molar-refractivity contribution in [3.63, 3.8) is 0 Å². The molecule has 2 aliphatic heterocycles. The molecule has 1 amide bonds. The molecule has 15 heavy (non-hydrogen) atoms. The Hall–Kier alpha value is -0.0400. The van der Waals surface area contributed by atoms with Gasteiger partial charge in [-0.25, -0.2) is 0 Å². The van der Waals surface area contributed by atoms with Gasteiger partial charge in [-0.3, -0.25) is 4.79 Å². The number of rotatable bonds is 2. The summed E-state index contributed by atoms with van der Waals surface area (Å²) in [5.41, 5.74) is 0. The maximum atomic E-state index is 11.1. The first-order valence-electron chi connectivity index (χ1n) is 4.16. The van der Waals surface area contributed by atoms with E-state index in [1.807, 2.05) is 0 Å². The van der Waals surface area contributed by atoms with E-state index >= 15 is 0 Å². The Labute approximate surface area is 113 Å². The van der Waals surface area contributed by atoms with Crippen LogP contribution in [0.2, 0.25) is 0 Å². The molecule has 76 valence electrons. The van der Waals surface area contributed by atoms with Gasteiger partial charge in [-0.05, 0) is 6.92 Å². The molecule has 2 heterocycles. The fourth-order valence-electron chi connectivity index (χ4n) is 1.88.